The lowest BCUT2D eigenvalue weighted by molar-refractivity contribution is -0.136. The molecule has 22 heavy (non-hydrogen) atoms. The van der Waals surface area contributed by atoms with Gasteiger partial charge in [0.15, 0.2) is 0 Å². The first kappa shape index (κ1) is 16.2. The number of nitrogens with one attached hydrogen (secondary N) is 1. The quantitative estimate of drug-likeness (QED) is 0.923. The highest BCUT2D eigenvalue weighted by molar-refractivity contribution is 5.97. The summed E-state index contributed by atoms with van der Waals surface area (Å²) >= 11 is 0. The van der Waals surface area contributed by atoms with E-state index in [4.69, 9.17) is 4.74 Å². The summed E-state index contributed by atoms with van der Waals surface area (Å²) in [5.74, 6) is 0.511. The summed E-state index contributed by atoms with van der Waals surface area (Å²) in [6.07, 6.45) is 0. The van der Waals surface area contributed by atoms with Crippen molar-refractivity contribution < 1.29 is 9.53 Å². The first-order valence-corrected chi connectivity index (χ1v) is 7.41. The van der Waals surface area contributed by atoms with Crippen LogP contribution in [-0.2, 0) is 16.6 Å². The monoisotopic (exact) mass is 301 g/mol. The van der Waals surface area contributed by atoms with Crippen molar-refractivity contribution >= 4 is 11.7 Å². The van der Waals surface area contributed by atoms with E-state index >= 15 is 0 Å². The number of carbonyl (C=O) groups is 1. The molecule has 0 aliphatic rings. The van der Waals surface area contributed by atoms with Gasteiger partial charge in [-0.1, -0.05) is 30.3 Å². The van der Waals surface area contributed by atoms with Crippen molar-refractivity contribution in [3.63, 3.8) is 0 Å². The molecule has 0 aliphatic carbocycles. The molecular formula is C17H23N3O2. The van der Waals surface area contributed by atoms with Crippen molar-refractivity contribution in [1.29, 1.82) is 0 Å². The zero-order chi connectivity index (χ0) is 16.3. The van der Waals surface area contributed by atoms with Gasteiger partial charge in [0, 0.05) is 24.8 Å². The number of rotatable bonds is 5. The van der Waals surface area contributed by atoms with Gasteiger partial charge in [0.05, 0.1) is 5.69 Å². The van der Waals surface area contributed by atoms with Crippen LogP contribution in [0.1, 0.15) is 26.3 Å². The number of hydrogen-bond acceptors (Lipinski definition) is 3. The van der Waals surface area contributed by atoms with Gasteiger partial charge in [-0.2, -0.15) is 5.10 Å². The maximum atomic E-state index is 12.4. The van der Waals surface area contributed by atoms with E-state index in [1.807, 2.05) is 51.2 Å². The van der Waals surface area contributed by atoms with Gasteiger partial charge in [0.25, 0.3) is 5.91 Å². The Balaban J connectivity index is 2.30. The molecule has 1 aromatic carbocycles. The van der Waals surface area contributed by atoms with Crippen LogP contribution in [0.4, 0.5) is 5.82 Å². The summed E-state index contributed by atoms with van der Waals surface area (Å²) in [5, 5.41) is 7.45. The first-order valence-electron chi connectivity index (χ1n) is 7.41. The highest BCUT2D eigenvalue weighted by atomic mass is 16.5. The topological polar surface area (TPSA) is 56.1 Å². The van der Waals surface area contributed by atoms with Gasteiger partial charge in [-0.3, -0.25) is 9.48 Å². The number of benzene rings is 1. The summed E-state index contributed by atoms with van der Waals surface area (Å²) in [4.78, 5) is 12.4. The molecule has 0 saturated carbocycles. The molecule has 5 nitrogen and oxygen atoms in total. The van der Waals surface area contributed by atoms with Crippen molar-refractivity contribution in [3.05, 3.63) is 35.9 Å². The summed E-state index contributed by atoms with van der Waals surface area (Å²) in [7, 11) is 1.82. The Morgan fingerprint density at radius 1 is 1.32 bits per heavy atom. The molecule has 0 unspecified atom stereocenters. The minimum absolute atomic E-state index is 0.180. The number of carbonyl (C=O) groups excluding carboxylic acids is 1. The second-order valence-electron chi connectivity index (χ2n) is 5.71. The van der Waals surface area contributed by atoms with E-state index in [0.29, 0.717) is 12.4 Å². The molecule has 0 bridgehead atoms. The fraction of sp³-hybridized carbons (Fsp3) is 0.412. The molecule has 2 rings (SSSR count). The lowest BCUT2D eigenvalue weighted by atomic mass is 10.1. The van der Waals surface area contributed by atoms with Gasteiger partial charge in [-0.25, -0.2) is 0 Å². The number of nitrogens with zero attached hydrogens (tertiary/aromatic N) is 2. The number of hydrogen-bond donors (Lipinski definition) is 1. The molecule has 118 valence electrons. The molecule has 1 aromatic heterocycles. The van der Waals surface area contributed by atoms with Gasteiger partial charge < -0.3 is 10.1 Å². The number of aromatic nitrogens is 2. The van der Waals surface area contributed by atoms with E-state index < -0.39 is 5.60 Å². The van der Waals surface area contributed by atoms with Crippen molar-refractivity contribution in [3.8, 4) is 11.3 Å². The summed E-state index contributed by atoms with van der Waals surface area (Å²) in [6.45, 7) is 7.84. The van der Waals surface area contributed by atoms with Crippen LogP contribution in [0.5, 0.6) is 0 Å². The van der Waals surface area contributed by atoms with Crippen LogP contribution in [0.25, 0.3) is 11.3 Å². The Bertz CT molecular complexity index is 660. The van der Waals surface area contributed by atoms with Crippen LogP contribution >= 0.6 is 0 Å². The first-order chi connectivity index (χ1) is 10.4. The van der Waals surface area contributed by atoms with Crippen LogP contribution in [0.15, 0.2) is 30.3 Å². The fourth-order valence-electron chi connectivity index (χ4n) is 2.36. The maximum absolute atomic E-state index is 12.4. The largest absolute Gasteiger partial charge is 0.366 e. The van der Waals surface area contributed by atoms with Gasteiger partial charge in [-0.15, -0.1) is 0 Å². The highest BCUT2D eigenvalue weighted by Crippen LogP contribution is 2.28. The molecule has 0 spiro atoms. The minimum atomic E-state index is -0.877. The average molecular weight is 301 g/mol. The van der Waals surface area contributed by atoms with E-state index in [1.165, 1.54) is 0 Å². The Hall–Kier alpha value is -2.14. The highest BCUT2D eigenvalue weighted by Gasteiger charge is 2.29. The molecular weight excluding hydrogens is 278 g/mol. The van der Waals surface area contributed by atoms with Crippen LogP contribution in [0.2, 0.25) is 0 Å². The second kappa shape index (κ2) is 6.32. The molecule has 0 fully saturated rings. The third-order valence-electron chi connectivity index (χ3n) is 3.62. The van der Waals surface area contributed by atoms with Crippen molar-refractivity contribution in [1.82, 2.24) is 9.78 Å². The molecule has 0 radical (unpaired) electrons. The summed E-state index contributed by atoms with van der Waals surface area (Å²) in [5.41, 5.74) is 1.96. The van der Waals surface area contributed by atoms with E-state index in [9.17, 15) is 4.79 Å². The number of aryl methyl sites for hydroxylation is 1. The lowest BCUT2D eigenvalue weighted by Gasteiger charge is -2.23. The molecule has 5 heteroatoms. The standard InChI is InChI=1S/C17H23N3O2/c1-6-22-17(3,4)16(21)18-15-12(2)14(19-20(15)5)13-10-8-7-9-11-13/h7-11H,6H2,1-5H3,(H,18,21). The Morgan fingerprint density at radius 3 is 2.55 bits per heavy atom. The maximum Gasteiger partial charge on any atom is 0.257 e. The predicted molar refractivity (Wildman–Crippen MR) is 87.7 cm³/mol. The Kier molecular flexibility index (Phi) is 4.66. The van der Waals surface area contributed by atoms with E-state index in [1.54, 1.807) is 18.5 Å². The number of amides is 1. The predicted octanol–water partition coefficient (Wildman–Crippen LogP) is 3.15. The zero-order valence-electron chi connectivity index (χ0n) is 13.8. The molecule has 2 aromatic rings. The van der Waals surface area contributed by atoms with Gasteiger partial charge in [0.2, 0.25) is 0 Å². The molecule has 0 saturated heterocycles. The van der Waals surface area contributed by atoms with Crippen LogP contribution in [0, 0.1) is 6.92 Å². The van der Waals surface area contributed by atoms with E-state index in [0.717, 1.165) is 16.8 Å². The molecule has 0 atom stereocenters. The fourth-order valence-corrected chi connectivity index (χ4v) is 2.36. The molecule has 1 N–H and O–H groups in total. The van der Waals surface area contributed by atoms with Crippen LogP contribution in [0.3, 0.4) is 0 Å². The van der Waals surface area contributed by atoms with Gasteiger partial charge in [0.1, 0.15) is 11.4 Å². The smallest absolute Gasteiger partial charge is 0.257 e. The van der Waals surface area contributed by atoms with Gasteiger partial charge in [-0.05, 0) is 27.7 Å². The average Bonchev–Trinajstić information content (AvgIpc) is 2.76. The Morgan fingerprint density at radius 2 is 1.95 bits per heavy atom. The van der Waals surface area contributed by atoms with Crippen LogP contribution in [-0.4, -0.2) is 27.9 Å². The van der Waals surface area contributed by atoms with Crippen molar-refractivity contribution in [2.75, 3.05) is 11.9 Å². The van der Waals surface area contributed by atoms with Crippen LogP contribution < -0.4 is 5.32 Å². The van der Waals surface area contributed by atoms with Gasteiger partial charge >= 0.3 is 0 Å². The third-order valence-corrected chi connectivity index (χ3v) is 3.62. The minimum Gasteiger partial charge on any atom is -0.366 e. The normalized spacial score (nSPS) is 11.5. The third kappa shape index (κ3) is 3.20. The molecule has 1 heterocycles. The molecule has 1 amide bonds. The second-order valence-corrected chi connectivity index (χ2v) is 5.71. The summed E-state index contributed by atoms with van der Waals surface area (Å²) in [6, 6.07) is 9.92. The Labute approximate surface area is 131 Å². The number of anilines is 1. The molecule has 0 aliphatic heterocycles. The van der Waals surface area contributed by atoms with E-state index in [2.05, 4.69) is 10.4 Å². The lowest BCUT2D eigenvalue weighted by Crippen LogP contribution is -2.40. The summed E-state index contributed by atoms with van der Waals surface area (Å²) < 4.78 is 7.18. The zero-order valence-corrected chi connectivity index (χ0v) is 13.8. The van der Waals surface area contributed by atoms with E-state index in [-0.39, 0.29) is 5.91 Å². The van der Waals surface area contributed by atoms with Crippen molar-refractivity contribution in [2.24, 2.45) is 7.05 Å². The van der Waals surface area contributed by atoms with Crippen molar-refractivity contribution in [2.45, 2.75) is 33.3 Å². The number of ether oxygens (including phenoxy) is 1. The SMILES string of the molecule is CCOC(C)(C)C(=O)Nc1c(C)c(-c2ccccc2)nn1C.